The number of hydrogen-bond donors (Lipinski definition) is 1. The van der Waals surface area contributed by atoms with Gasteiger partial charge < -0.3 is 4.57 Å². The van der Waals surface area contributed by atoms with Crippen molar-refractivity contribution in [2.24, 2.45) is 0 Å². The second kappa shape index (κ2) is 5.51. The molecular formula is C16H12N2O2S. The molecule has 2 amide bonds. The van der Waals surface area contributed by atoms with Gasteiger partial charge in [0.15, 0.2) is 0 Å². The third-order valence-electron chi connectivity index (χ3n) is 3.17. The van der Waals surface area contributed by atoms with Gasteiger partial charge in [-0.15, -0.1) is 5.92 Å². The molecule has 0 saturated carbocycles. The average Bonchev–Trinajstić information content (AvgIpc) is 2.98. The number of fused-ring (bicyclic) bond motifs is 1. The number of amides is 2. The van der Waals surface area contributed by atoms with Crippen molar-refractivity contribution in [3.8, 4) is 11.8 Å². The largest absolute Gasteiger partial charge is 0.335 e. The molecule has 4 nitrogen and oxygen atoms in total. The van der Waals surface area contributed by atoms with E-state index in [0.29, 0.717) is 11.4 Å². The number of hydrogen-bond acceptors (Lipinski definition) is 3. The molecule has 0 unspecified atom stereocenters. The Labute approximate surface area is 126 Å². The molecule has 5 heteroatoms. The Balaban J connectivity index is 2.10. The third kappa shape index (κ3) is 2.58. The number of aromatic nitrogens is 1. The minimum absolute atomic E-state index is 0.327. The first-order chi connectivity index (χ1) is 10.2. The first-order valence-corrected chi connectivity index (χ1v) is 7.23. The molecule has 0 aliphatic carbocycles. The van der Waals surface area contributed by atoms with E-state index >= 15 is 0 Å². The van der Waals surface area contributed by atoms with Crippen LogP contribution in [0.1, 0.15) is 12.5 Å². The fourth-order valence-corrected chi connectivity index (χ4v) is 2.92. The second-order valence-corrected chi connectivity index (χ2v) is 5.52. The van der Waals surface area contributed by atoms with Crippen molar-refractivity contribution in [1.29, 1.82) is 0 Å². The van der Waals surface area contributed by atoms with E-state index in [1.807, 2.05) is 35.0 Å². The molecule has 1 N–H and O–H groups in total. The quantitative estimate of drug-likeness (QED) is 0.684. The fraction of sp³-hybridized carbons (Fsp3) is 0.125. The summed E-state index contributed by atoms with van der Waals surface area (Å²) in [5, 5.41) is 2.97. The topological polar surface area (TPSA) is 51.1 Å². The molecular weight excluding hydrogens is 284 g/mol. The number of nitrogens with zero attached hydrogens (tertiary/aromatic N) is 1. The van der Waals surface area contributed by atoms with Crippen LogP contribution in [0.15, 0.2) is 35.4 Å². The summed E-state index contributed by atoms with van der Waals surface area (Å²) in [6.45, 7) is 2.40. The molecule has 2 heterocycles. The van der Waals surface area contributed by atoms with E-state index in [0.717, 1.165) is 28.2 Å². The van der Waals surface area contributed by atoms with Gasteiger partial charge >= 0.3 is 0 Å². The highest BCUT2D eigenvalue weighted by Gasteiger charge is 2.25. The Hall–Kier alpha value is -2.45. The van der Waals surface area contributed by atoms with E-state index in [4.69, 9.17) is 0 Å². The Morgan fingerprint density at radius 1 is 1.33 bits per heavy atom. The van der Waals surface area contributed by atoms with Gasteiger partial charge in [-0.25, -0.2) is 0 Å². The first-order valence-electron chi connectivity index (χ1n) is 6.41. The predicted molar refractivity (Wildman–Crippen MR) is 84.5 cm³/mol. The van der Waals surface area contributed by atoms with Gasteiger partial charge in [0.05, 0.1) is 11.4 Å². The number of imide groups is 1. The molecule has 0 spiro atoms. The van der Waals surface area contributed by atoms with Crippen molar-refractivity contribution in [2.75, 3.05) is 0 Å². The lowest BCUT2D eigenvalue weighted by atomic mass is 10.1. The maximum atomic E-state index is 11.7. The minimum atomic E-state index is -0.338. The number of nitrogens with one attached hydrogen (secondary N) is 1. The lowest BCUT2D eigenvalue weighted by Crippen LogP contribution is -2.17. The molecule has 1 aromatic carbocycles. The maximum absolute atomic E-state index is 11.7. The van der Waals surface area contributed by atoms with Gasteiger partial charge in [0, 0.05) is 22.7 Å². The van der Waals surface area contributed by atoms with Gasteiger partial charge in [-0.1, -0.05) is 24.1 Å². The maximum Gasteiger partial charge on any atom is 0.290 e. The van der Waals surface area contributed by atoms with Crippen LogP contribution in [0.5, 0.6) is 0 Å². The number of para-hydroxylation sites is 1. The van der Waals surface area contributed by atoms with E-state index in [-0.39, 0.29) is 11.1 Å². The molecule has 0 radical (unpaired) electrons. The summed E-state index contributed by atoms with van der Waals surface area (Å²) in [5.41, 5.74) is 1.97. The summed E-state index contributed by atoms with van der Waals surface area (Å²) in [6.07, 6.45) is 3.71. The molecule has 1 fully saturated rings. The zero-order valence-electron chi connectivity index (χ0n) is 11.3. The van der Waals surface area contributed by atoms with Crippen molar-refractivity contribution >= 4 is 39.9 Å². The van der Waals surface area contributed by atoms with Gasteiger partial charge in [0.1, 0.15) is 0 Å². The van der Waals surface area contributed by atoms with Crippen LogP contribution in [-0.2, 0) is 11.3 Å². The lowest BCUT2D eigenvalue weighted by Gasteiger charge is -1.97. The van der Waals surface area contributed by atoms with E-state index in [1.54, 1.807) is 13.0 Å². The summed E-state index contributed by atoms with van der Waals surface area (Å²) >= 11 is 0.928. The van der Waals surface area contributed by atoms with Gasteiger partial charge in [0.25, 0.3) is 11.1 Å². The zero-order valence-corrected chi connectivity index (χ0v) is 12.2. The molecule has 1 saturated heterocycles. The number of benzene rings is 1. The normalized spacial score (nSPS) is 16.1. The van der Waals surface area contributed by atoms with Crippen LogP contribution in [0.25, 0.3) is 17.0 Å². The molecule has 0 bridgehead atoms. The van der Waals surface area contributed by atoms with E-state index < -0.39 is 0 Å². The Morgan fingerprint density at radius 3 is 2.86 bits per heavy atom. The summed E-state index contributed by atoms with van der Waals surface area (Å²) in [5.74, 6) is 5.57. The monoisotopic (exact) mass is 296 g/mol. The van der Waals surface area contributed by atoms with Gasteiger partial charge in [-0.3, -0.25) is 14.9 Å². The van der Waals surface area contributed by atoms with Crippen molar-refractivity contribution in [1.82, 2.24) is 9.88 Å². The number of carbonyl (C=O) groups is 2. The van der Waals surface area contributed by atoms with Gasteiger partial charge in [-0.05, 0) is 30.8 Å². The molecule has 2 aromatic rings. The summed E-state index contributed by atoms with van der Waals surface area (Å²) < 4.78 is 2.04. The van der Waals surface area contributed by atoms with Crippen LogP contribution < -0.4 is 5.32 Å². The third-order valence-corrected chi connectivity index (χ3v) is 3.98. The molecule has 21 heavy (non-hydrogen) atoms. The van der Waals surface area contributed by atoms with Gasteiger partial charge in [0.2, 0.25) is 0 Å². The summed E-state index contributed by atoms with van der Waals surface area (Å²) in [6, 6.07) is 7.93. The van der Waals surface area contributed by atoms with Crippen LogP contribution in [0.4, 0.5) is 4.79 Å². The molecule has 1 aliphatic heterocycles. The van der Waals surface area contributed by atoms with Crippen molar-refractivity contribution in [3.63, 3.8) is 0 Å². The molecule has 3 rings (SSSR count). The average molecular weight is 296 g/mol. The predicted octanol–water partition coefficient (Wildman–Crippen LogP) is 2.99. The molecule has 104 valence electrons. The Bertz CT molecular complexity index is 837. The summed E-state index contributed by atoms with van der Waals surface area (Å²) in [7, 11) is 0. The van der Waals surface area contributed by atoms with Crippen LogP contribution in [0.3, 0.4) is 0 Å². The standard InChI is InChI=1S/C16H12N2O2S/c1-2-3-8-18-10-11(12-6-4-5-7-13(12)18)9-14-15(19)17-16(20)21-14/h4-7,9-10H,8H2,1H3,(H,17,19,20)/b14-9-. The number of carbonyl (C=O) groups excluding carboxylic acids is 2. The van der Waals surface area contributed by atoms with E-state index in [9.17, 15) is 9.59 Å². The van der Waals surface area contributed by atoms with Crippen molar-refractivity contribution in [2.45, 2.75) is 13.5 Å². The zero-order chi connectivity index (χ0) is 14.8. The van der Waals surface area contributed by atoms with E-state index in [1.165, 1.54) is 0 Å². The SMILES string of the molecule is CC#CCn1cc(/C=C2\SC(=O)NC2=O)c2ccccc21. The van der Waals surface area contributed by atoms with Crippen LogP contribution in [-0.4, -0.2) is 15.7 Å². The van der Waals surface area contributed by atoms with Crippen LogP contribution in [0, 0.1) is 11.8 Å². The fourth-order valence-electron chi connectivity index (χ4n) is 2.25. The Morgan fingerprint density at radius 2 is 2.14 bits per heavy atom. The molecule has 1 aromatic heterocycles. The van der Waals surface area contributed by atoms with Crippen molar-refractivity contribution < 1.29 is 9.59 Å². The Kier molecular flexibility index (Phi) is 3.55. The smallest absolute Gasteiger partial charge is 0.290 e. The van der Waals surface area contributed by atoms with Crippen LogP contribution >= 0.6 is 11.8 Å². The highest BCUT2D eigenvalue weighted by molar-refractivity contribution is 8.18. The number of rotatable bonds is 2. The van der Waals surface area contributed by atoms with Crippen LogP contribution in [0.2, 0.25) is 0 Å². The van der Waals surface area contributed by atoms with Crippen molar-refractivity contribution in [3.05, 3.63) is 40.9 Å². The minimum Gasteiger partial charge on any atom is -0.335 e. The molecule has 1 aliphatic rings. The van der Waals surface area contributed by atoms with E-state index in [2.05, 4.69) is 17.2 Å². The second-order valence-electron chi connectivity index (χ2n) is 4.51. The number of thioether (sulfide) groups is 1. The lowest BCUT2D eigenvalue weighted by molar-refractivity contribution is -0.115. The highest BCUT2D eigenvalue weighted by atomic mass is 32.2. The summed E-state index contributed by atoms with van der Waals surface area (Å²) in [4.78, 5) is 23.3. The van der Waals surface area contributed by atoms with Gasteiger partial charge in [-0.2, -0.15) is 0 Å². The first kappa shape index (κ1) is 13.5. The molecule has 0 atom stereocenters. The highest BCUT2D eigenvalue weighted by Crippen LogP contribution is 2.29.